The molecule has 1 aliphatic rings. The van der Waals surface area contributed by atoms with Crippen molar-refractivity contribution in [1.29, 1.82) is 0 Å². The molecule has 0 atom stereocenters. The van der Waals surface area contributed by atoms with Gasteiger partial charge in [0, 0.05) is 24.7 Å². The number of carbonyl (C=O) groups excluding carboxylic acids is 3. The molecule has 0 aromatic heterocycles. The highest BCUT2D eigenvalue weighted by Gasteiger charge is 2.42. The molecule has 1 aromatic rings. The van der Waals surface area contributed by atoms with E-state index in [1.54, 1.807) is 12.1 Å². The van der Waals surface area contributed by atoms with Gasteiger partial charge in [0.05, 0.1) is 5.56 Å². The number of ketones is 3. The van der Waals surface area contributed by atoms with Crippen LogP contribution in [0.25, 0.3) is 0 Å². The van der Waals surface area contributed by atoms with Crippen LogP contribution in [0.1, 0.15) is 37.0 Å². The minimum atomic E-state index is -1.20. The molecule has 0 saturated heterocycles. The lowest BCUT2D eigenvalue weighted by atomic mass is 9.70. The average Bonchev–Trinajstić information content (AvgIpc) is 2.45. The van der Waals surface area contributed by atoms with Crippen LogP contribution in [0.4, 0.5) is 5.69 Å². The second kappa shape index (κ2) is 6.78. The number of benzene rings is 1. The molecular formula is C18H19NO5. The maximum Gasteiger partial charge on any atom is 0.335 e. The zero-order valence-corrected chi connectivity index (χ0v) is 13.5. The van der Waals surface area contributed by atoms with E-state index in [-0.39, 0.29) is 30.0 Å². The topological polar surface area (TPSA) is 101 Å². The SMILES string of the molecule is CC1(C)CC(=O)C(C(=O)C=CNc2ccc(C(=O)O)cc2)C(=O)C1. The maximum atomic E-state index is 12.1. The maximum absolute atomic E-state index is 12.1. The molecule has 2 rings (SSSR count). The fourth-order valence-corrected chi connectivity index (χ4v) is 2.73. The Hall–Kier alpha value is -2.76. The van der Waals surface area contributed by atoms with Gasteiger partial charge in [-0.05, 0) is 35.8 Å². The Morgan fingerprint density at radius 1 is 1.12 bits per heavy atom. The molecule has 0 radical (unpaired) electrons. The molecule has 0 bridgehead atoms. The van der Waals surface area contributed by atoms with Crippen molar-refractivity contribution in [3.63, 3.8) is 0 Å². The molecule has 1 saturated carbocycles. The summed E-state index contributed by atoms with van der Waals surface area (Å²) in [6.07, 6.45) is 2.95. The minimum absolute atomic E-state index is 0.154. The molecule has 1 fully saturated rings. The second-order valence-corrected chi connectivity index (χ2v) is 6.65. The fourth-order valence-electron chi connectivity index (χ4n) is 2.73. The third kappa shape index (κ3) is 4.16. The Morgan fingerprint density at radius 2 is 1.67 bits per heavy atom. The normalized spacial score (nSPS) is 17.9. The molecule has 0 unspecified atom stereocenters. The quantitative estimate of drug-likeness (QED) is 0.636. The van der Waals surface area contributed by atoms with Crippen LogP contribution in [0.5, 0.6) is 0 Å². The summed E-state index contributed by atoms with van der Waals surface area (Å²) >= 11 is 0. The molecule has 126 valence electrons. The Morgan fingerprint density at radius 3 is 2.17 bits per heavy atom. The molecule has 0 heterocycles. The van der Waals surface area contributed by atoms with Crippen molar-refractivity contribution in [2.24, 2.45) is 11.3 Å². The lowest BCUT2D eigenvalue weighted by molar-refractivity contribution is -0.143. The zero-order chi connectivity index (χ0) is 17.9. The summed E-state index contributed by atoms with van der Waals surface area (Å²) in [5.74, 6) is -3.43. The molecule has 2 N–H and O–H groups in total. The fraction of sp³-hybridized carbons (Fsp3) is 0.333. The van der Waals surface area contributed by atoms with E-state index in [4.69, 9.17) is 5.11 Å². The first-order valence-electron chi connectivity index (χ1n) is 7.55. The van der Waals surface area contributed by atoms with Crippen LogP contribution in [0.3, 0.4) is 0 Å². The summed E-state index contributed by atoms with van der Waals surface area (Å²) in [4.78, 5) is 47.0. The molecule has 24 heavy (non-hydrogen) atoms. The molecule has 1 aliphatic carbocycles. The van der Waals surface area contributed by atoms with Crippen molar-refractivity contribution >= 4 is 29.0 Å². The van der Waals surface area contributed by atoms with Gasteiger partial charge in [-0.3, -0.25) is 14.4 Å². The number of rotatable bonds is 5. The van der Waals surface area contributed by atoms with E-state index in [0.29, 0.717) is 5.69 Å². The van der Waals surface area contributed by atoms with E-state index in [9.17, 15) is 19.2 Å². The van der Waals surface area contributed by atoms with E-state index in [1.165, 1.54) is 24.4 Å². The zero-order valence-electron chi connectivity index (χ0n) is 13.5. The van der Waals surface area contributed by atoms with Crippen LogP contribution in [0.2, 0.25) is 0 Å². The first-order chi connectivity index (χ1) is 11.2. The van der Waals surface area contributed by atoms with Gasteiger partial charge >= 0.3 is 5.97 Å². The molecule has 6 nitrogen and oxygen atoms in total. The van der Waals surface area contributed by atoms with Crippen LogP contribution < -0.4 is 5.32 Å². The molecule has 6 heteroatoms. The van der Waals surface area contributed by atoms with Crippen molar-refractivity contribution in [1.82, 2.24) is 0 Å². The Balaban J connectivity index is 1.99. The van der Waals surface area contributed by atoms with Crippen LogP contribution >= 0.6 is 0 Å². The molecule has 0 spiro atoms. The lowest BCUT2D eigenvalue weighted by Crippen LogP contribution is -2.41. The first-order valence-corrected chi connectivity index (χ1v) is 7.55. The third-order valence-electron chi connectivity index (χ3n) is 3.86. The predicted molar refractivity (Wildman–Crippen MR) is 87.7 cm³/mol. The number of carbonyl (C=O) groups is 4. The largest absolute Gasteiger partial charge is 0.478 e. The molecule has 1 aromatic carbocycles. The number of hydrogen-bond acceptors (Lipinski definition) is 5. The minimum Gasteiger partial charge on any atom is -0.478 e. The van der Waals surface area contributed by atoms with Gasteiger partial charge in [-0.1, -0.05) is 13.8 Å². The van der Waals surface area contributed by atoms with Gasteiger partial charge in [0.2, 0.25) is 0 Å². The number of allylic oxidation sites excluding steroid dienone is 1. The number of carboxylic acids is 1. The summed E-state index contributed by atoms with van der Waals surface area (Å²) < 4.78 is 0. The monoisotopic (exact) mass is 329 g/mol. The standard InChI is InChI=1S/C18H19NO5/c1-18(2)9-14(21)16(15(22)10-18)13(20)7-8-19-12-5-3-11(4-6-12)17(23)24/h3-8,16,19H,9-10H2,1-2H3,(H,23,24). The summed E-state index contributed by atoms with van der Waals surface area (Å²) in [5, 5.41) is 11.6. The van der Waals surface area contributed by atoms with Crippen molar-refractivity contribution in [3.05, 3.63) is 42.1 Å². The molecular weight excluding hydrogens is 310 g/mol. The van der Waals surface area contributed by atoms with Gasteiger partial charge < -0.3 is 10.4 Å². The van der Waals surface area contributed by atoms with Gasteiger partial charge in [-0.15, -0.1) is 0 Å². The van der Waals surface area contributed by atoms with Gasteiger partial charge in [0.15, 0.2) is 17.3 Å². The Bertz CT molecular complexity index is 695. The van der Waals surface area contributed by atoms with Crippen molar-refractivity contribution < 1.29 is 24.3 Å². The van der Waals surface area contributed by atoms with Crippen molar-refractivity contribution in [2.45, 2.75) is 26.7 Å². The van der Waals surface area contributed by atoms with Crippen molar-refractivity contribution in [3.8, 4) is 0 Å². The lowest BCUT2D eigenvalue weighted by Gasteiger charge is -2.30. The van der Waals surface area contributed by atoms with Gasteiger partial charge in [-0.2, -0.15) is 0 Å². The number of Topliss-reactive ketones (excluding diaryl/α,β-unsaturated/α-hetero) is 2. The van der Waals surface area contributed by atoms with Crippen LogP contribution in [0, 0.1) is 11.3 Å². The number of aromatic carboxylic acids is 1. The summed E-state index contributed by atoms with van der Waals surface area (Å²) in [6.45, 7) is 3.67. The van der Waals surface area contributed by atoms with E-state index in [0.717, 1.165) is 0 Å². The van der Waals surface area contributed by atoms with E-state index in [1.807, 2.05) is 13.8 Å². The summed E-state index contributed by atoms with van der Waals surface area (Å²) in [7, 11) is 0. The molecule has 0 aliphatic heterocycles. The van der Waals surface area contributed by atoms with Gasteiger partial charge in [-0.25, -0.2) is 4.79 Å². The highest BCUT2D eigenvalue weighted by atomic mass is 16.4. The van der Waals surface area contributed by atoms with Crippen LogP contribution in [-0.4, -0.2) is 28.4 Å². The van der Waals surface area contributed by atoms with Crippen molar-refractivity contribution in [2.75, 3.05) is 5.32 Å². The van der Waals surface area contributed by atoms with Gasteiger partial charge in [0.25, 0.3) is 0 Å². The van der Waals surface area contributed by atoms with E-state index >= 15 is 0 Å². The molecule has 0 amide bonds. The van der Waals surface area contributed by atoms with E-state index in [2.05, 4.69) is 5.32 Å². The Labute approximate surface area is 139 Å². The summed E-state index contributed by atoms with van der Waals surface area (Å²) in [6, 6.07) is 5.96. The Kier molecular flexibility index (Phi) is 4.97. The smallest absolute Gasteiger partial charge is 0.335 e. The number of hydrogen-bond donors (Lipinski definition) is 2. The third-order valence-corrected chi connectivity index (χ3v) is 3.86. The van der Waals surface area contributed by atoms with Crippen LogP contribution in [0.15, 0.2) is 36.5 Å². The highest BCUT2D eigenvalue weighted by molar-refractivity contribution is 6.23. The van der Waals surface area contributed by atoms with Gasteiger partial charge in [0.1, 0.15) is 5.92 Å². The number of anilines is 1. The second-order valence-electron chi connectivity index (χ2n) is 6.65. The number of nitrogens with one attached hydrogen (secondary N) is 1. The van der Waals surface area contributed by atoms with Crippen LogP contribution in [-0.2, 0) is 14.4 Å². The van der Waals surface area contributed by atoms with E-state index < -0.39 is 23.1 Å². The highest BCUT2D eigenvalue weighted by Crippen LogP contribution is 2.34. The average molecular weight is 329 g/mol. The predicted octanol–water partition coefficient (Wildman–Crippen LogP) is 2.45. The summed E-state index contributed by atoms with van der Waals surface area (Å²) in [5.41, 5.74) is 0.354. The number of carboxylic acid groups (broad SMARTS) is 1. The first kappa shape index (κ1) is 17.6.